The van der Waals surface area contributed by atoms with Crippen molar-refractivity contribution in [2.75, 3.05) is 13.9 Å². The molecule has 0 saturated carbocycles. The number of thiophene rings is 1. The summed E-state index contributed by atoms with van der Waals surface area (Å²) >= 11 is 1.25. The van der Waals surface area contributed by atoms with Crippen molar-refractivity contribution in [3.63, 3.8) is 0 Å². The summed E-state index contributed by atoms with van der Waals surface area (Å²) in [5.41, 5.74) is 1.40. The second kappa shape index (κ2) is 8.01. The molecular formula is C23H18N2O6S. The summed E-state index contributed by atoms with van der Waals surface area (Å²) in [7, 11) is 1.50. The summed E-state index contributed by atoms with van der Waals surface area (Å²) in [6.07, 6.45) is 3.25. The number of aromatic nitrogens is 1. The molecule has 0 aliphatic carbocycles. The van der Waals surface area contributed by atoms with Gasteiger partial charge >= 0.3 is 0 Å². The number of aliphatic hydroxyl groups excluding tert-OH is 1. The maximum atomic E-state index is 13.4. The molecule has 2 aromatic heterocycles. The molecule has 0 spiro atoms. The van der Waals surface area contributed by atoms with E-state index in [1.54, 1.807) is 54.2 Å². The zero-order chi connectivity index (χ0) is 22.2. The van der Waals surface area contributed by atoms with Crippen LogP contribution in [0.3, 0.4) is 0 Å². The molecule has 4 heterocycles. The van der Waals surface area contributed by atoms with Gasteiger partial charge in [-0.2, -0.15) is 0 Å². The Hall–Kier alpha value is -3.85. The van der Waals surface area contributed by atoms with Crippen LogP contribution in [0.4, 0.5) is 0 Å². The van der Waals surface area contributed by atoms with E-state index in [9.17, 15) is 14.7 Å². The van der Waals surface area contributed by atoms with E-state index >= 15 is 0 Å². The summed E-state index contributed by atoms with van der Waals surface area (Å²) in [6.45, 7) is 0.218. The number of methoxy groups -OCH3 is 1. The smallest absolute Gasteiger partial charge is 0.290 e. The highest BCUT2D eigenvalue weighted by Crippen LogP contribution is 2.47. The normalized spacial score (nSPS) is 17.2. The van der Waals surface area contributed by atoms with Crippen LogP contribution < -0.4 is 14.2 Å². The van der Waals surface area contributed by atoms with Crippen molar-refractivity contribution in [1.29, 1.82) is 0 Å². The van der Waals surface area contributed by atoms with Gasteiger partial charge in [-0.1, -0.05) is 6.07 Å². The first kappa shape index (κ1) is 20.1. The molecule has 0 saturated heterocycles. The number of benzene rings is 1. The average molecular weight is 450 g/mol. The quantitative estimate of drug-likeness (QED) is 0.572. The van der Waals surface area contributed by atoms with Gasteiger partial charge in [0.15, 0.2) is 17.3 Å². The Bertz CT molecular complexity index is 1220. The highest BCUT2D eigenvalue weighted by atomic mass is 32.1. The van der Waals surface area contributed by atoms with Crippen molar-refractivity contribution in [2.24, 2.45) is 0 Å². The second-order valence-corrected chi connectivity index (χ2v) is 8.16. The van der Waals surface area contributed by atoms with Crippen LogP contribution in [0.2, 0.25) is 0 Å². The molecule has 1 N–H and O–H groups in total. The molecular weight excluding hydrogens is 432 g/mol. The van der Waals surface area contributed by atoms with Crippen LogP contribution in [0.5, 0.6) is 17.2 Å². The number of hydrogen-bond acceptors (Lipinski definition) is 8. The van der Waals surface area contributed by atoms with E-state index in [2.05, 4.69) is 4.98 Å². The van der Waals surface area contributed by atoms with Crippen LogP contribution in [0.1, 0.15) is 26.8 Å². The molecule has 0 fully saturated rings. The predicted octanol–water partition coefficient (Wildman–Crippen LogP) is 3.66. The van der Waals surface area contributed by atoms with Crippen molar-refractivity contribution in [2.45, 2.75) is 12.6 Å². The number of carbonyl (C=O) groups is 2. The lowest BCUT2D eigenvalue weighted by atomic mass is 9.94. The molecule has 1 amide bonds. The van der Waals surface area contributed by atoms with Crippen LogP contribution in [-0.4, -0.2) is 40.6 Å². The number of hydrogen-bond donors (Lipinski definition) is 1. The molecule has 2 aliphatic rings. The number of aliphatic hydroxyl groups is 1. The largest absolute Gasteiger partial charge is 0.503 e. The molecule has 1 atom stereocenters. The van der Waals surface area contributed by atoms with Gasteiger partial charge in [-0.15, -0.1) is 11.3 Å². The van der Waals surface area contributed by atoms with Crippen molar-refractivity contribution >= 4 is 23.0 Å². The van der Waals surface area contributed by atoms with E-state index in [0.29, 0.717) is 27.7 Å². The fourth-order valence-electron chi connectivity index (χ4n) is 3.93. The molecule has 0 unspecified atom stereocenters. The molecule has 162 valence electrons. The second-order valence-electron chi connectivity index (χ2n) is 7.22. The van der Waals surface area contributed by atoms with Crippen molar-refractivity contribution in [3.8, 4) is 17.2 Å². The number of nitrogens with zero attached hydrogens (tertiary/aromatic N) is 2. The van der Waals surface area contributed by atoms with E-state index in [1.165, 1.54) is 23.3 Å². The van der Waals surface area contributed by atoms with Gasteiger partial charge in [-0.25, -0.2) is 0 Å². The van der Waals surface area contributed by atoms with Crippen molar-refractivity contribution in [3.05, 3.63) is 81.5 Å². The summed E-state index contributed by atoms with van der Waals surface area (Å²) < 4.78 is 16.5. The number of ether oxygens (including phenoxy) is 3. The number of amides is 1. The third kappa shape index (κ3) is 3.27. The molecule has 9 heteroatoms. The molecule has 32 heavy (non-hydrogen) atoms. The Kier molecular flexibility index (Phi) is 5.02. The van der Waals surface area contributed by atoms with Crippen LogP contribution in [0.25, 0.3) is 0 Å². The monoisotopic (exact) mass is 450 g/mol. The highest BCUT2D eigenvalue weighted by molar-refractivity contribution is 7.12. The lowest BCUT2D eigenvalue weighted by molar-refractivity contribution is -0.130. The minimum atomic E-state index is -0.839. The van der Waals surface area contributed by atoms with E-state index in [0.717, 1.165) is 5.56 Å². The fraction of sp³-hybridized carbons (Fsp3) is 0.174. The van der Waals surface area contributed by atoms with Gasteiger partial charge in [0.05, 0.1) is 23.6 Å². The van der Waals surface area contributed by atoms with E-state index < -0.39 is 23.5 Å². The van der Waals surface area contributed by atoms with E-state index in [-0.39, 0.29) is 18.9 Å². The van der Waals surface area contributed by atoms with Crippen LogP contribution in [0.15, 0.2) is 65.5 Å². The van der Waals surface area contributed by atoms with E-state index in [4.69, 9.17) is 14.2 Å². The van der Waals surface area contributed by atoms with Gasteiger partial charge in [0.25, 0.3) is 5.91 Å². The van der Waals surface area contributed by atoms with Gasteiger partial charge in [-0.05, 0) is 46.8 Å². The minimum Gasteiger partial charge on any atom is -0.503 e. The Morgan fingerprint density at radius 1 is 1.28 bits per heavy atom. The molecule has 0 radical (unpaired) electrons. The van der Waals surface area contributed by atoms with Gasteiger partial charge < -0.3 is 24.2 Å². The lowest BCUT2D eigenvalue weighted by Gasteiger charge is -2.27. The summed E-state index contributed by atoms with van der Waals surface area (Å²) in [4.78, 5) is 32.4. The Balaban J connectivity index is 1.64. The maximum absolute atomic E-state index is 13.4. The number of pyridine rings is 1. The van der Waals surface area contributed by atoms with Crippen LogP contribution in [0, 0.1) is 0 Å². The zero-order valence-corrected chi connectivity index (χ0v) is 17.8. The molecule has 5 rings (SSSR count). The number of ketones is 1. The standard InChI is InChI=1S/C23H18N2O6S/c1-29-15-9-14(10-16-22(15)31-12-30-16)19-18(20(26)17-3-2-8-32-17)21(27)23(28)25(19)11-13-4-6-24-7-5-13/h2-10,19,27H,11-12H2,1H3/t19-/m1/s1. The number of carbonyl (C=O) groups excluding carboxylic acids is 2. The van der Waals surface area contributed by atoms with Crippen LogP contribution in [-0.2, 0) is 11.3 Å². The first-order valence-electron chi connectivity index (χ1n) is 9.77. The molecule has 2 aliphatic heterocycles. The summed E-state index contributed by atoms with van der Waals surface area (Å²) in [5, 5.41) is 12.6. The lowest BCUT2D eigenvalue weighted by Crippen LogP contribution is -2.30. The van der Waals surface area contributed by atoms with Crippen LogP contribution >= 0.6 is 11.3 Å². The Morgan fingerprint density at radius 2 is 2.09 bits per heavy atom. The molecule has 8 nitrogen and oxygen atoms in total. The van der Waals surface area contributed by atoms with Gasteiger partial charge in [0.2, 0.25) is 18.3 Å². The number of rotatable bonds is 6. The average Bonchev–Trinajstić information content (AvgIpc) is 3.56. The van der Waals surface area contributed by atoms with Gasteiger partial charge in [-0.3, -0.25) is 14.6 Å². The summed E-state index contributed by atoms with van der Waals surface area (Å²) in [5.74, 6) is -0.252. The maximum Gasteiger partial charge on any atom is 0.290 e. The number of Topliss-reactive ketones (excluding diaryl/α,β-unsaturated/α-hetero) is 1. The topological polar surface area (TPSA) is 98.2 Å². The molecule has 0 bridgehead atoms. The fourth-order valence-corrected chi connectivity index (χ4v) is 4.61. The summed E-state index contributed by atoms with van der Waals surface area (Å²) in [6, 6.07) is 9.55. The van der Waals surface area contributed by atoms with E-state index in [1.807, 2.05) is 0 Å². The third-order valence-electron chi connectivity index (χ3n) is 5.39. The highest BCUT2D eigenvalue weighted by Gasteiger charge is 2.44. The third-order valence-corrected chi connectivity index (χ3v) is 6.26. The first-order chi connectivity index (χ1) is 15.6. The predicted molar refractivity (Wildman–Crippen MR) is 115 cm³/mol. The molecule has 3 aromatic rings. The van der Waals surface area contributed by atoms with Gasteiger partial charge in [0, 0.05) is 18.9 Å². The Morgan fingerprint density at radius 3 is 2.81 bits per heavy atom. The first-order valence-corrected chi connectivity index (χ1v) is 10.6. The van der Waals surface area contributed by atoms with Gasteiger partial charge in [0.1, 0.15) is 0 Å². The molecule has 1 aromatic carbocycles. The Labute approximate surface area is 187 Å². The zero-order valence-electron chi connectivity index (χ0n) is 17.0. The van der Waals surface area contributed by atoms with Crippen molar-refractivity contribution < 1.29 is 28.9 Å². The van der Waals surface area contributed by atoms with Crippen molar-refractivity contribution in [1.82, 2.24) is 9.88 Å². The number of fused-ring (bicyclic) bond motifs is 1. The SMILES string of the molecule is COc1cc([C@@H]2C(C(=O)c3cccs3)=C(O)C(=O)N2Cc2ccncc2)cc2c1OCO2. The minimum absolute atomic E-state index is 0.0208.